The van der Waals surface area contributed by atoms with E-state index in [4.69, 9.17) is 36.1 Å². The van der Waals surface area contributed by atoms with Gasteiger partial charge in [-0.2, -0.15) is 0 Å². The fourth-order valence-electron chi connectivity index (χ4n) is 4.08. The number of nitrogens with one attached hydrogen (secondary N) is 1. The van der Waals surface area contributed by atoms with Gasteiger partial charge in [-0.15, -0.1) is 11.3 Å². The lowest BCUT2D eigenvalue weighted by atomic mass is 9.97. The summed E-state index contributed by atoms with van der Waals surface area (Å²) < 4.78 is 22.5. The molecule has 2 aromatic rings. The first kappa shape index (κ1) is 24.1. The molecule has 2 aliphatic rings. The zero-order valence-corrected chi connectivity index (χ0v) is 20.8. The lowest BCUT2D eigenvalue weighted by molar-refractivity contribution is -0.165. The van der Waals surface area contributed by atoms with E-state index >= 15 is 0 Å². The second-order valence-corrected chi connectivity index (χ2v) is 10.5. The summed E-state index contributed by atoms with van der Waals surface area (Å²) in [7, 11) is 0. The Labute approximate surface area is 203 Å². The zero-order valence-electron chi connectivity index (χ0n) is 18.4. The second-order valence-electron chi connectivity index (χ2n) is 7.87. The van der Waals surface area contributed by atoms with E-state index in [1.165, 1.54) is 49.4 Å². The highest BCUT2D eigenvalue weighted by Crippen LogP contribution is 2.40. The molecule has 3 heterocycles. The molecule has 178 valence electrons. The number of carbonyl (C=O) groups is 3. The highest BCUT2D eigenvalue weighted by Gasteiger charge is 2.50. The van der Waals surface area contributed by atoms with E-state index < -0.39 is 41.7 Å². The van der Waals surface area contributed by atoms with Crippen molar-refractivity contribution in [1.82, 2.24) is 9.97 Å². The molecule has 33 heavy (non-hydrogen) atoms. The summed E-state index contributed by atoms with van der Waals surface area (Å²) in [6.07, 6.45) is 1.68. The van der Waals surface area contributed by atoms with Crippen molar-refractivity contribution in [3.63, 3.8) is 0 Å². The standard InChI is InChI=1S/C21H24N2O7S3/c1-9(24)27-8-13-16(28-10(2)25)17(29-11(3)26)20(30-13)33-21-22-18(31)15-12-6-4-5-7-14(12)32-19(15)23-21/h13,16-17,20H,4-8H2,1-3H3,(H,22,23,31)/t13-,16-,17+,20+/m1/s1. The molecular weight excluding hydrogens is 488 g/mol. The van der Waals surface area contributed by atoms with Gasteiger partial charge in [-0.05, 0) is 31.2 Å². The molecular formula is C21H24N2O7S3. The molecule has 4 atom stereocenters. The Balaban J connectivity index is 1.63. The van der Waals surface area contributed by atoms with Crippen LogP contribution in [0.5, 0.6) is 0 Å². The van der Waals surface area contributed by atoms with Crippen molar-refractivity contribution in [1.29, 1.82) is 0 Å². The fourth-order valence-corrected chi connectivity index (χ4v) is 6.92. The maximum absolute atomic E-state index is 11.8. The highest BCUT2D eigenvalue weighted by atomic mass is 32.2. The topological polar surface area (TPSA) is 117 Å². The molecule has 0 radical (unpaired) electrons. The minimum absolute atomic E-state index is 0.151. The molecule has 1 aliphatic carbocycles. The third-order valence-electron chi connectivity index (χ3n) is 5.35. The molecule has 1 saturated heterocycles. The highest BCUT2D eigenvalue weighted by molar-refractivity contribution is 7.99. The molecule has 0 saturated carbocycles. The Morgan fingerprint density at radius 1 is 1.12 bits per heavy atom. The summed E-state index contributed by atoms with van der Waals surface area (Å²) in [6, 6.07) is 0. The van der Waals surface area contributed by atoms with Crippen molar-refractivity contribution >= 4 is 63.4 Å². The predicted molar refractivity (Wildman–Crippen MR) is 124 cm³/mol. The van der Waals surface area contributed by atoms with E-state index in [2.05, 4.69) is 4.98 Å². The smallest absolute Gasteiger partial charge is 0.303 e. The molecule has 2 aromatic heterocycles. The van der Waals surface area contributed by atoms with Crippen LogP contribution in [-0.2, 0) is 46.2 Å². The predicted octanol–water partition coefficient (Wildman–Crippen LogP) is 3.48. The summed E-state index contributed by atoms with van der Waals surface area (Å²) in [5.74, 6) is -1.62. The Kier molecular flexibility index (Phi) is 7.37. The number of thioether (sulfide) groups is 1. The van der Waals surface area contributed by atoms with Crippen molar-refractivity contribution in [2.75, 3.05) is 6.61 Å². The van der Waals surface area contributed by atoms with Gasteiger partial charge in [0.05, 0.1) is 0 Å². The van der Waals surface area contributed by atoms with Crippen molar-refractivity contribution in [2.24, 2.45) is 0 Å². The van der Waals surface area contributed by atoms with Gasteiger partial charge in [-0.25, -0.2) is 4.98 Å². The van der Waals surface area contributed by atoms with Gasteiger partial charge < -0.3 is 23.9 Å². The van der Waals surface area contributed by atoms with Crippen molar-refractivity contribution in [3.8, 4) is 0 Å². The maximum atomic E-state index is 11.8. The van der Waals surface area contributed by atoms with E-state index in [9.17, 15) is 14.4 Å². The van der Waals surface area contributed by atoms with Gasteiger partial charge in [-0.1, -0.05) is 24.0 Å². The van der Waals surface area contributed by atoms with Crippen LogP contribution in [0.3, 0.4) is 0 Å². The Hall–Kier alpha value is -2.02. The summed E-state index contributed by atoms with van der Waals surface area (Å²) in [5.41, 5.74) is 0.529. The zero-order chi connectivity index (χ0) is 23.7. The SMILES string of the molecule is CC(=O)OC[C@H]1O[C@@H](Sc2nc3sc4c(c3c(=S)[nH]2)CCCC4)[C@@H](OC(C)=O)[C@@H]1OC(C)=O. The van der Waals surface area contributed by atoms with Crippen LogP contribution in [-0.4, -0.2) is 58.2 Å². The molecule has 0 spiro atoms. The maximum Gasteiger partial charge on any atom is 0.303 e. The lowest BCUT2D eigenvalue weighted by Gasteiger charge is -2.23. The molecule has 4 rings (SSSR count). The number of thiophene rings is 1. The van der Waals surface area contributed by atoms with Crippen molar-refractivity contribution < 1.29 is 33.3 Å². The Bertz CT molecular complexity index is 1140. The van der Waals surface area contributed by atoms with Crippen LogP contribution >= 0.6 is 35.3 Å². The average molecular weight is 513 g/mol. The van der Waals surface area contributed by atoms with E-state index in [1.54, 1.807) is 11.3 Å². The number of hydrogen-bond donors (Lipinski definition) is 1. The van der Waals surface area contributed by atoms with Gasteiger partial charge >= 0.3 is 17.9 Å². The first-order chi connectivity index (χ1) is 15.7. The molecule has 12 heteroatoms. The van der Waals surface area contributed by atoms with E-state index in [-0.39, 0.29) is 6.61 Å². The van der Waals surface area contributed by atoms with E-state index in [1.807, 2.05) is 0 Å². The minimum atomic E-state index is -0.941. The first-order valence-corrected chi connectivity index (χ1v) is 12.7. The second kappa shape index (κ2) is 10.1. The minimum Gasteiger partial charge on any atom is -0.463 e. The summed E-state index contributed by atoms with van der Waals surface area (Å²) in [4.78, 5) is 44.9. The van der Waals surface area contributed by atoms with Crippen LogP contribution < -0.4 is 0 Å². The number of aromatic nitrogens is 2. The van der Waals surface area contributed by atoms with Crippen LogP contribution in [0.4, 0.5) is 0 Å². The van der Waals surface area contributed by atoms with Crippen molar-refractivity contribution in [3.05, 3.63) is 15.1 Å². The number of nitrogens with zero attached hydrogens (tertiary/aromatic N) is 1. The van der Waals surface area contributed by atoms with Crippen LogP contribution in [0, 0.1) is 4.64 Å². The summed E-state index contributed by atoms with van der Waals surface area (Å²) in [6.45, 7) is 3.63. The van der Waals surface area contributed by atoms with Gasteiger partial charge in [0.25, 0.3) is 0 Å². The average Bonchev–Trinajstić information content (AvgIpc) is 3.24. The number of fused-ring (bicyclic) bond motifs is 3. The molecule has 0 unspecified atom stereocenters. The molecule has 1 aliphatic heterocycles. The van der Waals surface area contributed by atoms with Gasteiger partial charge in [0, 0.05) is 31.0 Å². The molecule has 1 N–H and O–H groups in total. The Morgan fingerprint density at radius 2 is 1.82 bits per heavy atom. The lowest BCUT2D eigenvalue weighted by Crippen LogP contribution is -2.40. The van der Waals surface area contributed by atoms with E-state index in [0.717, 1.165) is 29.5 Å². The number of ether oxygens (including phenoxy) is 4. The monoisotopic (exact) mass is 512 g/mol. The van der Waals surface area contributed by atoms with Crippen LogP contribution in [0.15, 0.2) is 5.16 Å². The molecule has 0 aromatic carbocycles. The van der Waals surface area contributed by atoms with Crippen LogP contribution in [0.1, 0.15) is 44.1 Å². The quantitative estimate of drug-likeness (QED) is 0.267. The third kappa shape index (κ3) is 5.39. The summed E-state index contributed by atoms with van der Waals surface area (Å²) >= 11 is 8.48. The molecule has 9 nitrogen and oxygen atoms in total. The van der Waals surface area contributed by atoms with Gasteiger partial charge in [-0.3, -0.25) is 14.4 Å². The van der Waals surface area contributed by atoms with Gasteiger partial charge in [0.15, 0.2) is 22.8 Å². The third-order valence-corrected chi connectivity index (χ3v) is 7.87. The number of hydrogen-bond acceptors (Lipinski definition) is 11. The normalized spacial score (nSPS) is 24.3. The number of rotatable bonds is 6. The van der Waals surface area contributed by atoms with Crippen LogP contribution in [0.25, 0.3) is 10.2 Å². The largest absolute Gasteiger partial charge is 0.463 e. The fraction of sp³-hybridized carbons (Fsp3) is 0.571. The number of esters is 3. The van der Waals surface area contributed by atoms with Crippen LogP contribution in [0.2, 0.25) is 0 Å². The number of aromatic amines is 1. The molecule has 1 fully saturated rings. The van der Waals surface area contributed by atoms with Gasteiger partial charge in [0.1, 0.15) is 22.2 Å². The Morgan fingerprint density at radius 3 is 2.52 bits per heavy atom. The van der Waals surface area contributed by atoms with Crippen molar-refractivity contribution in [2.45, 2.75) is 75.4 Å². The molecule has 0 bridgehead atoms. The van der Waals surface area contributed by atoms with Gasteiger partial charge in [0.2, 0.25) is 0 Å². The summed E-state index contributed by atoms with van der Waals surface area (Å²) in [5, 5.41) is 1.51. The molecule has 0 amide bonds. The number of carbonyl (C=O) groups excluding carboxylic acids is 3. The van der Waals surface area contributed by atoms with E-state index in [0.29, 0.717) is 9.80 Å². The number of H-pyrrole nitrogens is 1. The number of aryl methyl sites for hydroxylation is 2. The first-order valence-electron chi connectivity index (χ1n) is 10.6.